The molecule has 0 spiro atoms. The Hall–Kier alpha value is -3.09. The number of benzene rings is 1. The normalized spacial score (nSPS) is 19.7. The molecule has 29 heavy (non-hydrogen) atoms. The Kier molecular flexibility index (Phi) is 5.64. The summed E-state index contributed by atoms with van der Waals surface area (Å²) in [6.07, 6.45) is 2.55. The van der Waals surface area contributed by atoms with E-state index in [4.69, 9.17) is 4.42 Å². The molecule has 1 aromatic heterocycles. The van der Waals surface area contributed by atoms with Gasteiger partial charge >= 0.3 is 0 Å². The molecule has 3 heterocycles. The van der Waals surface area contributed by atoms with E-state index in [0.29, 0.717) is 45.0 Å². The Balaban J connectivity index is 1.27. The van der Waals surface area contributed by atoms with E-state index in [1.165, 1.54) is 11.8 Å². The molecule has 7 nitrogen and oxygen atoms in total. The van der Waals surface area contributed by atoms with Gasteiger partial charge in [0.25, 0.3) is 5.91 Å². The van der Waals surface area contributed by atoms with Gasteiger partial charge in [-0.1, -0.05) is 30.3 Å². The maximum Gasteiger partial charge on any atom is 0.289 e. The highest BCUT2D eigenvalue weighted by molar-refractivity contribution is 5.92. The minimum atomic E-state index is -0.286. The van der Waals surface area contributed by atoms with Crippen LogP contribution in [0.1, 0.15) is 22.5 Å². The Bertz CT molecular complexity index is 857. The maximum absolute atomic E-state index is 12.9. The molecule has 0 bridgehead atoms. The third kappa shape index (κ3) is 4.34. The first-order chi connectivity index (χ1) is 14.1. The molecule has 4 rings (SSSR count). The Labute approximate surface area is 169 Å². The number of likely N-dealkylation sites (tertiary alicyclic amines) is 1. The van der Waals surface area contributed by atoms with Crippen LogP contribution in [0.3, 0.4) is 0 Å². The van der Waals surface area contributed by atoms with Crippen LogP contribution in [0.2, 0.25) is 0 Å². The topological polar surface area (TPSA) is 74.1 Å². The third-order valence-electron chi connectivity index (χ3n) is 5.69. The number of carbonyl (C=O) groups excluding carboxylic acids is 3. The summed E-state index contributed by atoms with van der Waals surface area (Å²) in [5.74, 6) is -0.0485. The number of carbonyl (C=O) groups is 3. The van der Waals surface area contributed by atoms with Crippen LogP contribution >= 0.6 is 0 Å². The molecule has 2 aromatic rings. The van der Waals surface area contributed by atoms with Crippen LogP contribution in [-0.4, -0.2) is 71.7 Å². The molecular weight excluding hydrogens is 370 g/mol. The SMILES string of the molecule is O=C1C[C@H](C(=O)N2CCN(C(=O)c3ccco3)CC2)CN1CCc1ccccc1. The van der Waals surface area contributed by atoms with Gasteiger partial charge in [0.1, 0.15) is 0 Å². The summed E-state index contributed by atoms with van der Waals surface area (Å²) in [6.45, 7) is 3.04. The summed E-state index contributed by atoms with van der Waals surface area (Å²) in [7, 11) is 0. The van der Waals surface area contributed by atoms with Gasteiger partial charge in [-0.05, 0) is 24.1 Å². The molecule has 0 aliphatic carbocycles. The van der Waals surface area contributed by atoms with Crippen molar-refractivity contribution in [2.75, 3.05) is 39.3 Å². The van der Waals surface area contributed by atoms with Crippen molar-refractivity contribution in [3.8, 4) is 0 Å². The van der Waals surface area contributed by atoms with Crippen molar-refractivity contribution in [1.29, 1.82) is 0 Å². The highest BCUT2D eigenvalue weighted by atomic mass is 16.3. The third-order valence-corrected chi connectivity index (χ3v) is 5.69. The molecule has 0 radical (unpaired) electrons. The van der Waals surface area contributed by atoms with Crippen molar-refractivity contribution in [3.05, 3.63) is 60.1 Å². The van der Waals surface area contributed by atoms with Gasteiger partial charge in [0.2, 0.25) is 11.8 Å². The largest absolute Gasteiger partial charge is 0.459 e. The number of piperazine rings is 1. The lowest BCUT2D eigenvalue weighted by molar-refractivity contribution is -0.137. The highest BCUT2D eigenvalue weighted by Gasteiger charge is 2.37. The van der Waals surface area contributed by atoms with Gasteiger partial charge in [-0.25, -0.2) is 0 Å². The van der Waals surface area contributed by atoms with Crippen LogP contribution in [-0.2, 0) is 16.0 Å². The zero-order valence-electron chi connectivity index (χ0n) is 16.3. The summed E-state index contributed by atoms with van der Waals surface area (Å²) >= 11 is 0. The van der Waals surface area contributed by atoms with E-state index in [1.54, 1.807) is 26.8 Å². The number of amides is 3. The zero-order valence-corrected chi connectivity index (χ0v) is 16.3. The first-order valence-corrected chi connectivity index (χ1v) is 10.0. The summed E-state index contributed by atoms with van der Waals surface area (Å²) in [5, 5.41) is 0. The summed E-state index contributed by atoms with van der Waals surface area (Å²) in [4.78, 5) is 42.9. The minimum Gasteiger partial charge on any atom is -0.459 e. The number of hydrogen-bond donors (Lipinski definition) is 0. The molecule has 1 aromatic carbocycles. The molecule has 0 N–H and O–H groups in total. The van der Waals surface area contributed by atoms with Crippen LogP contribution < -0.4 is 0 Å². The highest BCUT2D eigenvalue weighted by Crippen LogP contribution is 2.22. The first kappa shape index (κ1) is 19.2. The van der Waals surface area contributed by atoms with E-state index in [1.807, 2.05) is 30.3 Å². The van der Waals surface area contributed by atoms with E-state index >= 15 is 0 Å². The first-order valence-electron chi connectivity index (χ1n) is 10.0. The lowest BCUT2D eigenvalue weighted by Gasteiger charge is -2.35. The van der Waals surface area contributed by atoms with E-state index < -0.39 is 0 Å². The predicted molar refractivity (Wildman–Crippen MR) is 106 cm³/mol. The Morgan fingerprint density at radius 1 is 0.966 bits per heavy atom. The standard InChI is InChI=1S/C22H25N3O4/c26-20-15-18(16-25(20)9-8-17-5-2-1-3-6-17)21(27)23-10-12-24(13-11-23)22(28)19-7-4-14-29-19/h1-7,14,18H,8-13,15-16H2/t18-/m0/s1. The lowest BCUT2D eigenvalue weighted by atomic mass is 10.1. The van der Waals surface area contributed by atoms with Crippen molar-refractivity contribution in [2.24, 2.45) is 5.92 Å². The van der Waals surface area contributed by atoms with Crippen LogP contribution in [0.5, 0.6) is 0 Å². The van der Waals surface area contributed by atoms with Gasteiger partial charge in [0.15, 0.2) is 5.76 Å². The van der Waals surface area contributed by atoms with Crippen molar-refractivity contribution in [3.63, 3.8) is 0 Å². The molecule has 152 valence electrons. The summed E-state index contributed by atoms with van der Waals surface area (Å²) in [5.41, 5.74) is 1.19. The average molecular weight is 395 g/mol. The second-order valence-electron chi connectivity index (χ2n) is 7.57. The summed E-state index contributed by atoms with van der Waals surface area (Å²) in [6, 6.07) is 13.4. The minimum absolute atomic E-state index is 0.0191. The maximum atomic E-state index is 12.9. The number of rotatable bonds is 5. The summed E-state index contributed by atoms with van der Waals surface area (Å²) < 4.78 is 5.17. The lowest BCUT2D eigenvalue weighted by Crippen LogP contribution is -2.52. The van der Waals surface area contributed by atoms with Gasteiger partial charge < -0.3 is 19.1 Å². The number of nitrogens with zero attached hydrogens (tertiary/aromatic N) is 3. The fraction of sp³-hybridized carbons (Fsp3) is 0.409. The molecule has 0 saturated carbocycles. The van der Waals surface area contributed by atoms with Gasteiger partial charge in [0.05, 0.1) is 12.2 Å². The predicted octanol–water partition coefficient (Wildman–Crippen LogP) is 1.66. The fourth-order valence-electron chi connectivity index (χ4n) is 4.01. The van der Waals surface area contributed by atoms with Gasteiger partial charge in [-0.15, -0.1) is 0 Å². The van der Waals surface area contributed by atoms with Crippen LogP contribution in [0.15, 0.2) is 53.1 Å². The van der Waals surface area contributed by atoms with Gasteiger partial charge in [0, 0.05) is 45.7 Å². The van der Waals surface area contributed by atoms with E-state index in [-0.39, 0.29) is 30.1 Å². The van der Waals surface area contributed by atoms with E-state index in [9.17, 15) is 14.4 Å². The van der Waals surface area contributed by atoms with Crippen molar-refractivity contribution in [2.45, 2.75) is 12.8 Å². The molecule has 3 amide bonds. The van der Waals surface area contributed by atoms with E-state index in [0.717, 1.165) is 6.42 Å². The molecule has 1 atom stereocenters. The van der Waals surface area contributed by atoms with Crippen LogP contribution in [0.25, 0.3) is 0 Å². The Morgan fingerprint density at radius 2 is 1.69 bits per heavy atom. The second kappa shape index (κ2) is 8.51. The van der Waals surface area contributed by atoms with Crippen molar-refractivity contribution < 1.29 is 18.8 Å². The van der Waals surface area contributed by atoms with Crippen LogP contribution in [0, 0.1) is 5.92 Å². The van der Waals surface area contributed by atoms with Gasteiger partial charge in [-0.3, -0.25) is 14.4 Å². The Morgan fingerprint density at radius 3 is 2.38 bits per heavy atom. The molecule has 0 unspecified atom stereocenters. The molecular formula is C22H25N3O4. The van der Waals surface area contributed by atoms with Crippen molar-refractivity contribution in [1.82, 2.24) is 14.7 Å². The molecule has 2 aliphatic heterocycles. The fourth-order valence-corrected chi connectivity index (χ4v) is 4.01. The number of hydrogen-bond acceptors (Lipinski definition) is 4. The van der Waals surface area contributed by atoms with Gasteiger partial charge in [-0.2, -0.15) is 0 Å². The molecule has 2 saturated heterocycles. The average Bonchev–Trinajstić information content (AvgIpc) is 3.42. The molecule has 2 aliphatic rings. The molecule has 7 heteroatoms. The van der Waals surface area contributed by atoms with Crippen molar-refractivity contribution >= 4 is 17.7 Å². The second-order valence-corrected chi connectivity index (χ2v) is 7.57. The van der Waals surface area contributed by atoms with Crippen LogP contribution in [0.4, 0.5) is 0 Å². The number of furan rings is 1. The quantitative estimate of drug-likeness (QED) is 0.772. The molecule has 2 fully saturated rings. The monoisotopic (exact) mass is 395 g/mol. The zero-order chi connectivity index (χ0) is 20.2. The van der Waals surface area contributed by atoms with E-state index in [2.05, 4.69) is 0 Å². The smallest absolute Gasteiger partial charge is 0.289 e.